The number of rotatable bonds is 8. The van der Waals surface area contributed by atoms with Crippen LogP contribution in [0, 0.1) is 0 Å². The summed E-state index contributed by atoms with van der Waals surface area (Å²) in [5.41, 5.74) is -0.0484. The van der Waals surface area contributed by atoms with Crippen molar-refractivity contribution < 1.29 is 32.5 Å². The Balaban J connectivity index is 1.73. The molecular weight excluding hydrogens is 375 g/mol. The summed E-state index contributed by atoms with van der Waals surface area (Å²) < 4.78 is 49.7. The number of amides is 1. The zero-order chi connectivity index (χ0) is 20.1. The minimum atomic E-state index is -4.39. The van der Waals surface area contributed by atoms with Crippen molar-refractivity contribution in [3.63, 3.8) is 0 Å². The molecule has 8 heteroatoms. The van der Waals surface area contributed by atoms with Crippen LogP contribution in [0.15, 0.2) is 36.1 Å². The fraction of sp³-hybridized carbons (Fsp3) is 0.550. The van der Waals surface area contributed by atoms with E-state index >= 15 is 0 Å². The van der Waals surface area contributed by atoms with E-state index in [1.807, 2.05) is 0 Å². The first kappa shape index (κ1) is 20.7. The lowest BCUT2D eigenvalue weighted by Gasteiger charge is -2.29. The van der Waals surface area contributed by atoms with Crippen molar-refractivity contribution in [2.75, 3.05) is 13.2 Å². The van der Waals surface area contributed by atoms with Crippen molar-refractivity contribution in [3.05, 3.63) is 47.2 Å². The zero-order valence-electron chi connectivity index (χ0n) is 15.4. The number of benzene rings is 1. The minimum absolute atomic E-state index is 0.0675. The first-order valence-electron chi connectivity index (χ1n) is 9.46. The van der Waals surface area contributed by atoms with Gasteiger partial charge < -0.3 is 19.9 Å². The Hall–Kier alpha value is -2.06. The SMILES string of the molecule is O=C(NC1CC1)C1=C[C@@H](c2ccc(C(F)(F)F)cc2)C[C@@H](OCCCCO)O1. The molecule has 1 aliphatic carbocycles. The van der Waals surface area contributed by atoms with Gasteiger partial charge in [-0.3, -0.25) is 4.79 Å². The van der Waals surface area contributed by atoms with Crippen LogP contribution in [0.3, 0.4) is 0 Å². The van der Waals surface area contributed by atoms with Gasteiger partial charge in [-0.1, -0.05) is 12.1 Å². The minimum Gasteiger partial charge on any atom is -0.459 e. The molecule has 2 atom stereocenters. The highest BCUT2D eigenvalue weighted by molar-refractivity contribution is 5.92. The topological polar surface area (TPSA) is 67.8 Å². The van der Waals surface area contributed by atoms with Crippen LogP contribution in [0.25, 0.3) is 0 Å². The molecule has 1 amide bonds. The summed E-state index contributed by atoms with van der Waals surface area (Å²) in [6.45, 7) is 0.431. The maximum Gasteiger partial charge on any atom is 0.416 e. The summed E-state index contributed by atoms with van der Waals surface area (Å²) in [6.07, 6.45) is 0.0892. The van der Waals surface area contributed by atoms with E-state index < -0.39 is 18.0 Å². The number of alkyl halides is 3. The Morgan fingerprint density at radius 2 is 1.93 bits per heavy atom. The Morgan fingerprint density at radius 3 is 2.54 bits per heavy atom. The molecule has 154 valence electrons. The number of allylic oxidation sites excluding steroid dienone is 1. The molecule has 1 aromatic carbocycles. The van der Waals surface area contributed by atoms with Crippen molar-refractivity contribution in [2.24, 2.45) is 0 Å². The molecule has 5 nitrogen and oxygen atoms in total. The first-order chi connectivity index (χ1) is 13.4. The number of unbranched alkanes of at least 4 members (excludes halogenated alkanes) is 1. The van der Waals surface area contributed by atoms with Gasteiger partial charge >= 0.3 is 6.18 Å². The highest BCUT2D eigenvalue weighted by Gasteiger charge is 2.33. The molecule has 0 bridgehead atoms. The molecule has 1 fully saturated rings. The van der Waals surface area contributed by atoms with Gasteiger partial charge in [-0.25, -0.2) is 0 Å². The molecule has 0 aromatic heterocycles. The maximum absolute atomic E-state index is 12.8. The van der Waals surface area contributed by atoms with Gasteiger partial charge in [0.1, 0.15) is 0 Å². The Bertz CT molecular complexity index is 698. The average molecular weight is 399 g/mol. The summed E-state index contributed by atoms with van der Waals surface area (Å²) in [7, 11) is 0. The molecule has 0 saturated heterocycles. The van der Waals surface area contributed by atoms with Gasteiger partial charge in [0.15, 0.2) is 5.76 Å². The predicted molar refractivity (Wildman–Crippen MR) is 95.2 cm³/mol. The fourth-order valence-electron chi connectivity index (χ4n) is 2.98. The number of carbonyl (C=O) groups is 1. The highest BCUT2D eigenvalue weighted by atomic mass is 19.4. The molecule has 1 heterocycles. The van der Waals surface area contributed by atoms with E-state index in [4.69, 9.17) is 14.6 Å². The summed E-state index contributed by atoms with van der Waals surface area (Å²) >= 11 is 0. The summed E-state index contributed by atoms with van der Waals surface area (Å²) in [4.78, 5) is 12.4. The second kappa shape index (κ2) is 8.96. The zero-order valence-corrected chi connectivity index (χ0v) is 15.4. The van der Waals surface area contributed by atoms with Crippen molar-refractivity contribution in [2.45, 2.75) is 56.5 Å². The van der Waals surface area contributed by atoms with Gasteiger partial charge in [0, 0.05) is 25.0 Å². The van der Waals surface area contributed by atoms with E-state index in [0.29, 0.717) is 31.4 Å². The number of halogens is 3. The third-order valence-electron chi connectivity index (χ3n) is 4.72. The van der Waals surface area contributed by atoms with Gasteiger partial charge in [0.25, 0.3) is 5.91 Å². The van der Waals surface area contributed by atoms with Gasteiger partial charge in [0.05, 0.1) is 12.2 Å². The van der Waals surface area contributed by atoms with Crippen molar-refractivity contribution in [1.29, 1.82) is 0 Å². The quantitative estimate of drug-likeness (QED) is 0.657. The molecule has 2 N–H and O–H groups in total. The molecule has 0 radical (unpaired) electrons. The Labute approximate surface area is 161 Å². The molecular formula is C20H24F3NO4. The van der Waals surface area contributed by atoms with Crippen LogP contribution in [0.2, 0.25) is 0 Å². The first-order valence-corrected chi connectivity index (χ1v) is 9.46. The largest absolute Gasteiger partial charge is 0.459 e. The maximum atomic E-state index is 12.8. The van der Waals surface area contributed by atoms with Crippen LogP contribution in [-0.2, 0) is 20.4 Å². The Morgan fingerprint density at radius 1 is 1.21 bits per heavy atom. The number of nitrogens with one attached hydrogen (secondary N) is 1. The van der Waals surface area contributed by atoms with Crippen LogP contribution in [0.4, 0.5) is 13.2 Å². The lowest BCUT2D eigenvalue weighted by Crippen LogP contribution is -2.34. The van der Waals surface area contributed by atoms with Gasteiger partial charge in [-0.05, 0) is 49.5 Å². The van der Waals surface area contributed by atoms with E-state index in [1.165, 1.54) is 12.1 Å². The van der Waals surface area contributed by atoms with Crippen LogP contribution >= 0.6 is 0 Å². The number of hydrogen-bond acceptors (Lipinski definition) is 4. The summed E-state index contributed by atoms with van der Waals surface area (Å²) in [5, 5.41) is 11.7. The van der Waals surface area contributed by atoms with E-state index in [9.17, 15) is 18.0 Å². The molecule has 0 spiro atoms. The second-order valence-electron chi connectivity index (χ2n) is 7.09. The lowest BCUT2D eigenvalue weighted by molar-refractivity contribution is -0.146. The number of hydrogen-bond donors (Lipinski definition) is 2. The smallest absolute Gasteiger partial charge is 0.416 e. The standard InChI is InChI=1S/C20H24F3NO4/c21-20(22,23)15-5-3-13(4-6-15)14-11-17(19(26)24-16-7-8-16)28-18(12-14)27-10-2-1-9-25/h3-6,11,14,16,18,25H,1-2,7-10,12H2,(H,24,26)/t14-,18+/m1/s1. The molecule has 1 aliphatic heterocycles. The molecule has 2 aliphatic rings. The third-order valence-corrected chi connectivity index (χ3v) is 4.72. The van der Waals surface area contributed by atoms with Crippen molar-refractivity contribution in [1.82, 2.24) is 5.32 Å². The van der Waals surface area contributed by atoms with E-state index in [0.717, 1.165) is 25.0 Å². The third kappa shape index (κ3) is 5.72. The van der Waals surface area contributed by atoms with Crippen molar-refractivity contribution in [3.8, 4) is 0 Å². The summed E-state index contributed by atoms with van der Waals surface area (Å²) in [5.74, 6) is -0.489. The second-order valence-corrected chi connectivity index (χ2v) is 7.09. The van der Waals surface area contributed by atoms with Gasteiger partial charge in [-0.2, -0.15) is 13.2 Å². The molecule has 0 unspecified atom stereocenters. The molecule has 1 aromatic rings. The average Bonchev–Trinajstić information content (AvgIpc) is 3.48. The number of aliphatic hydroxyl groups excluding tert-OH is 1. The van der Waals surface area contributed by atoms with Crippen LogP contribution in [-0.4, -0.2) is 36.6 Å². The normalized spacial score (nSPS) is 22.4. The molecule has 1 saturated carbocycles. The highest BCUT2D eigenvalue weighted by Crippen LogP contribution is 2.34. The summed E-state index contributed by atoms with van der Waals surface area (Å²) in [6, 6.07) is 5.09. The molecule has 3 rings (SSSR count). The predicted octanol–water partition coefficient (Wildman–Crippen LogP) is 3.49. The van der Waals surface area contributed by atoms with Crippen LogP contribution in [0.5, 0.6) is 0 Å². The van der Waals surface area contributed by atoms with E-state index in [2.05, 4.69) is 5.32 Å². The molecule has 28 heavy (non-hydrogen) atoms. The van der Waals surface area contributed by atoms with Crippen LogP contribution < -0.4 is 5.32 Å². The van der Waals surface area contributed by atoms with E-state index in [-0.39, 0.29) is 30.2 Å². The number of carbonyl (C=O) groups excluding carboxylic acids is 1. The number of ether oxygens (including phenoxy) is 2. The fourth-order valence-corrected chi connectivity index (χ4v) is 2.98. The van der Waals surface area contributed by atoms with Gasteiger partial charge in [-0.15, -0.1) is 0 Å². The van der Waals surface area contributed by atoms with Crippen LogP contribution in [0.1, 0.15) is 49.1 Å². The lowest BCUT2D eigenvalue weighted by atomic mass is 9.92. The van der Waals surface area contributed by atoms with E-state index in [1.54, 1.807) is 6.08 Å². The number of aliphatic hydroxyl groups is 1. The van der Waals surface area contributed by atoms with Crippen molar-refractivity contribution >= 4 is 5.91 Å². The monoisotopic (exact) mass is 399 g/mol. The van der Waals surface area contributed by atoms with Gasteiger partial charge in [0.2, 0.25) is 6.29 Å². The Kier molecular flexibility index (Phi) is 6.61.